The van der Waals surface area contributed by atoms with Crippen molar-refractivity contribution in [2.45, 2.75) is 70.9 Å². The van der Waals surface area contributed by atoms with Crippen molar-refractivity contribution in [1.29, 1.82) is 0 Å². The molecule has 0 saturated carbocycles. The molecule has 4 nitrogen and oxygen atoms in total. The van der Waals surface area contributed by atoms with Crippen LogP contribution in [0.25, 0.3) is 0 Å². The van der Waals surface area contributed by atoms with Gasteiger partial charge in [0, 0.05) is 31.2 Å². The molecule has 0 aromatic heterocycles. The minimum absolute atomic E-state index is 0.0411. The molecule has 2 saturated heterocycles. The first kappa shape index (κ1) is 19.7. The van der Waals surface area contributed by atoms with E-state index in [0.29, 0.717) is 36.0 Å². The highest BCUT2D eigenvalue weighted by Gasteiger charge is 2.41. The first-order valence-corrected chi connectivity index (χ1v) is 11.0. The van der Waals surface area contributed by atoms with E-state index in [-0.39, 0.29) is 18.3 Å². The number of hydrogen-bond acceptors (Lipinski definition) is 3. The quantitative estimate of drug-likeness (QED) is 0.683. The fourth-order valence-corrected chi connectivity index (χ4v) is 5.52. The van der Waals surface area contributed by atoms with E-state index in [4.69, 9.17) is 4.74 Å². The molecule has 0 N–H and O–H groups in total. The average Bonchev–Trinajstić information content (AvgIpc) is 2.90. The van der Waals surface area contributed by atoms with Gasteiger partial charge in [0.15, 0.2) is 6.61 Å². The fourth-order valence-electron chi connectivity index (χ4n) is 5.52. The van der Waals surface area contributed by atoms with Gasteiger partial charge >= 0.3 is 0 Å². The number of rotatable bonds is 7. The number of amides is 1. The van der Waals surface area contributed by atoms with E-state index in [2.05, 4.69) is 18.7 Å². The molecule has 2 fully saturated rings. The van der Waals surface area contributed by atoms with Crippen LogP contribution in [0.3, 0.4) is 0 Å². The summed E-state index contributed by atoms with van der Waals surface area (Å²) < 4.78 is 19.2. The Morgan fingerprint density at radius 2 is 1.96 bits per heavy atom. The summed E-state index contributed by atoms with van der Waals surface area (Å²) in [5, 5.41) is 0. The van der Waals surface area contributed by atoms with Crippen LogP contribution in [-0.2, 0) is 4.79 Å². The number of ether oxygens (including phenoxy) is 1. The van der Waals surface area contributed by atoms with E-state index in [1.165, 1.54) is 57.1 Å². The smallest absolute Gasteiger partial charge is 0.265 e. The molecule has 0 aliphatic carbocycles. The largest absolute Gasteiger partial charge is 0.482 e. The summed E-state index contributed by atoms with van der Waals surface area (Å²) in [4.78, 5) is 16.9. The van der Waals surface area contributed by atoms with E-state index in [9.17, 15) is 9.18 Å². The van der Waals surface area contributed by atoms with Crippen molar-refractivity contribution >= 4 is 11.6 Å². The Kier molecular flexibility index (Phi) is 5.91. The number of piperidine rings is 1. The van der Waals surface area contributed by atoms with Crippen LogP contribution in [0.1, 0.15) is 58.8 Å². The lowest BCUT2D eigenvalue weighted by molar-refractivity contribution is -0.121. The second-order valence-corrected chi connectivity index (χ2v) is 9.07. The Morgan fingerprint density at radius 1 is 1.21 bits per heavy atom. The lowest BCUT2D eigenvalue weighted by Gasteiger charge is -2.41. The second-order valence-electron chi connectivity index (χ2n) is 9.07. The topological polar surface area (TPSA) is 32.8 Å². The van der Waals surface area contributed by atoms with E-state index in [1.54, 1.807) is 11.0 Å². The summed E-state index contributed by atoms with van der Waals surface area (Å²) in [6, 6.07) is 5.86. The van der Waals surface area contributed by atoms with Crippen molar-refractivity contribution in [2.24, 2.45) is 11.8 Å². The standard InChI is InChI=1S/C23H33FN2O2/c1-3-4-5-17-10-19-7-8-20(11-17)25(19)13-16(2)14-26-21-12-18(24)6-9-22(21)28-15-23(26)27/h6,9,12,16-17,19-20H,3-5,7-8,10-11,13-15H2,1-2H3/t16?,17?,19-,20+. The molecule has 0 spiro atoms. The monoisotopic (exact) mass is 388 g/mol. The maximum Gasteiger partial charge on any atom is 0.265 e. The van der Waals surface area contributed by atoms with Gasteiger partial charge in [-0.15, -0.1) is 0 Å². The van der Waals surface area contributed by atoms with Crippen molar-refractivity contribution < 1.29 is 13.9 Å². The van der Waals surface area contributed by atoms with Gasteiger partial charge in [-0.1, -0.05) is 33.1 Å². The van der Waals surface area contributed by atoms with Crippen molar-refractivity contribution in [1.82, 2.24) is 4.90 Å². The SMILES string of the molecule is CCCCC1C[C@H]2CC[C@@H](C1)N2CC(C)CN1C(=O)COc2ccc(F)cc21. The minimum atomic E-state index is -0.332. The number of hydrogen-bond donors (Lipinski definition) is 0. The average molecular weight is 389 g/mol. The van der Waals surface area contributed by atoms with Crippen molar-refractivity contribution in [2.75, 3.05) is 24.6 Å². The molecule has 28 heavy (non-hydrogen) atoms. The lowest BCUT2D eigenvalue weighted by atomic mass is 9.86. The van der Waals surface area contributed by atoms with Gasteiger partial charge in [0.2, 0.25) is 0 Å². The number of anilines is 1. The maximum absolute atomic E-state index is 13.7. The number of fused-ring (bicyclic) bond motifs is 3. The highest BCUT2D eigenvalue weighted by Crippen LogP contribution is 2.41. The third-order valence-electron chi connectivity index (χ3n) is 6.83. The van der Waals surface area contributed by atoms with Gasteiger partial charge < -0.3 is 9.64 Å². The van der Waals surface area contributed by atoms with E-state index in [1.807, 2.05) is 0 Å². The number of halogens is 1. The van der Waals surface area contributed by atoms with E-state index < -0.39 is 0 Å². The number of carbonyl (C=O) groups excluding carboxylic acids is 1. The number of benzene rings is 1. The van der Waals surface area contributed by atoms with Crippen LogP contribution < -0.4 is 9.64 Å². The first-order valence-electron chi connectivity index (χ1n) is 11.0. The zero-order chi connectivity index (χ0) is 19.7. The summed E-state index contributed by atoms with van der Waals surface area (Å²) in [6.45, 7) is 6.17. The van der Waals surface area contributed by atoms with Gasteiger partial charge in [-0.05, 0) is 49.7 Å². The molecule has 3 heterocycles. The van der Waals surface area contributed by atoms with E-state index in [0.717, 1.165) is 12.5 Å². The van der Waals surface area contributed by atoms with Crippen LogP contribution in [0.5, 0.6) is 5.75 Å². The summed E-state index contributed by atoms with van der Waals surface area (Å²) in [6.07, 6.45) is 9.37. The van der Waals surface area contributed by atoms with E-state index >= 15 is 0 Å². The first-order chi connectivity index (χ1) is 13.5. The van der Waals surface area contributed by atoms with Crippen LogP contribution in [0.2, 0.25) is 0 Å². The predicted octanol–water partition coefficient (Wildman–Crippen LogP) is 4.62. The Bertz CT molecular complexity index is 696. The van der Waals surface area contributed by atoms with Crippen molar-refractivity contribution in [3.05, 3.63) is 24.0 Å². The molecule has 3 aliphatic heterocycles. The van der Waals surface area contributed by atoms with Crippen LogP contribution in [0.15, 0.2) is 18.2 Å². The minimum Gasteiger partial charge on any atom is -0.482 e. The molecule has 5 heteroatoms. The number of nitrogens with zero attached hydrogens (tertiary/aromatic N) is 2. The fraction of sp³-hybridized carbons (Fsp3) is 0.696. The molecular weight excluding hydrogens is 355 g/mol. The van der Waals surface area contributed by atoms with Gasteiger partial charge in [-0.3, -0.25) is 9.69 Å². The molecule has 1 amide bonds. The highest BCUT2D eigenvalue weighted by atomic mass is 19.1. The molecule has 1 aromatic rings. The summed E-state index contributed by atoms with van der Waals surface area (Å²) in [7, 11) is 0. The third-order valence-corrected chi connectivity index (χ3v) is 6.83. The van der Waals surface area contributed by atoms with Crippen molar-refractivity contribution in [3.8, 4) is 5.75 Å². The molecule has 154 valence electrons. The maximum atomic E-state index is 13.7. The van der Waals surface area contributed by atoms with Gasteiger partial charge in [0.1, 0.15) is 11.6 Å². The highest BCUT2D eigenvalue weighted by molar-refractivity contribution is 5.97. The van der Waals surface area contributed by atoms with Gasteiger partial charge in [0.05, 0.1) is 5.69 Å². The summed E-state index contributed by atoms with van der Waals surface area (Å²) in [5.41, 5.74) is 0.573. The molecule has 2 unspecified atom stereocenters. The number of carbonyl (C=O) groups is 1. The molecule has 1 aromatic carbocycles. The summed E-state index contributed by atoms with van der Waals surface area (Å²) in [5.74, 6) is 1.44. The second kappa shape index (κ2) is 8.40. The molecule has 3 aliphatic rings. The van der Waals surface area contributed by atoms with Crippen molar-refractivity contribution in [3.63, 3.8) is 0 Å². The molecule has 4 atom stereocenters. The van der Waals surface area contributed by atoms with Crippen LogP contribution in [0.4, 0.5) is 10.1 Å². The van der Waals surface area contributed by atoms with Gasteiger partial charge in [-0.25, -0.2) is 4.39 Å². The zero-order valence-electron chi connectivity index (χ0n) is 17.2. The normalized spacial score (nSPS) is 28.2. The van der Waals surface area contributed by atoms with Gasteiger partial charge in [-0.2, -0.15) is 0 Å². The number of unbranched alkanes of at least 4 members (excludes halogenated alkanes) is 1. The zero-order valence-corrected chi connectivity index (χ0v) is 17.2. The predicted molar refractivity (Wildman–Crippen MR) is 109 cm³/mol. The van der Waals surface area contributed by atoms with Gasteiger partial charge in [0.25, 0.3) is 5.91 Å². The molecular formula is C23H33FN2O2. The molecule has 0 radical (unpaired) electrons. The lowest BCUT2D eigenvalue weighted by Crippen LogP contribution is -2.48. The van der Waals surface area contributed by atoms with Crippen LogP contribution >= 0.6 is 0 Å². The molecule has 4 rings (SSSR count). The Hall–Kier alpha value is -1.62. The summed E-state index contributed by atoms with van der Waals surface area (Å²) >= 11 is 0. The Morgan fingerprint density at radius 3 is 2.68 bits per heavy atom. The van der Waals surface area contributed by atoms with Crippen LogP contribution in [0, 0.1) is 17.7 Å². The van der Waals surface area contributed by atoms with Crippen LogP contribution in [-0.4, -0.2) is 42.6 Å². The Balaban J connectivity index is 1.38. The third kappa shape index (κ3) is 4.05. The Labute approximate surface area is 168 Å². The molecule has 2 bridgehead atoms.